The molecule has 0 bridgehead atoms. The molecule has 1 N–H and O–H groups in total. The number of nitrogens with one attached hydrogen (secondary N) is 1. The van der Waals surface area contributed by atoms with E-state index in [0.717, 1.165) is 23.3 Å². The summed E-state index contributed by atoms with van der Waals surface area (Å²) in [5, 5.41) is 8.03. The van der Waals surface area contributed by atoms with E-state index in [9.17, 15) is 0 Å². The highest BCUT2D eigenvalue weighted by atomic mass is 79.9. The third kappa shape index (κ3) is 3.33. The van der Waals surface area contributed by atoms with Crippen LogP contribution < -0.4 is 5.32 Å². The lowest BCUT2D eigenvalue weighted by Crippen LogP contribution is -2.42. The summed E-state index contributed by atoms with van der Waals surface area (Å²) in [5.74, 6) is 0. The first-order chi connectivity index (χ1) is 8.58. The molecule has 1 aliphatic rings. The quantitative estimate of drug-likeness (QED) is 0.923. The highest BCUT2D eigenvalue weighted by Gasteiger charge is 2.17. The lowest BCUT2D eigenvalue weighted by Gasteiger charge is -2.28. The van der Waals surface area contributed by atoms with E-state index >= 15 is 0 Å². The van der Waals surface area contributed by atoms with Gasteiger partial charge in [0.15, 0.2) is 0 Å². The Balaban J connectivity index is 1.91. The van der Waals surface area contributed by atoms with Crippen molar-refractivity contribution in [3.8, 4) is 0 Å². The van der Waals surface area contributed by atoms with Gasteiger partial charge in [-0.3, -0.25) is 9.58 Å². The van der Waals surface area contributed by atoms with Gasteiger partial charge in [-0.25, -0.2) is 0 Å². The summed E-state index contributed by atoms with van der Waals surface area (Å²) < 4.78 is 3.12. The van der Waals surface area contributed by atoms with E-state index in [1.807, 2.05) is 18.7 Å². The second-order valence-electron chi connectivity index (χ2n) is 5.31. The van der Waals surface area contributed by atoms with Gasteiger partial charge in [0, 0.05) is 26.2 Å². The number of aryl methyl sites for hydroxylation is 2. The maximum Gasteiger partial charge on any atom is 0.0739 e. The molecule has 1 atom stereocenters. The fourth-order valence-corrected chi connectivity index (χ4v) is 3.09. The normalized spacial score (nSPS) is 20.6. The fraction of sp³-hybridized carbons (Fsp3) is 0.769. The predicted molar refractivity (Wildman–Crippen MR) is 77.6 cm³/mol. The zero-order valence-electron chi connectivity index (χ0n) is 11.5. The average Bonchev–Trinajstić information content (AvgIpc) is 2.57. The highest BCUT2D eigenvalue weighted by molar-refractivity contribution is 9.10. The van der Waals surface area contributed by atoms with Crippen LogP contribution in [0.5, 0.6) is 0 Å². The summed E-state index contributed by atoms with van der Waals surface area (Å²) in [5.41, 5.74) is 2.32. The van der Waals surface area contributed by atoms with Crippen molar-refractivity contribution in [3.63, 3.8) is 0 Å². The summed E-state index contributed by atoms with van der Waals surface area (Å²) in [6.07, 6.45) is 3.99. The number of halogens is 1. The highest BCUT2D eigenvalue weighted by Crippen LogP contribution is 2.21. The summed E-state index contributed by atoms with van der Waals surface area (Å²) in [4.78, 5) is 2.38. The lowest BCUT2D eigenvalue weighted by molar-refractivity contribution is 0.251. The van der Waals surface area contributed by atoms with Crippen molar-refractivity contribution in [1.82, 2.24) is 20.0 Å². The Hall–Kier alpha value is -0.390. The van der Waals surface area contributed by atoms with Gasteiger partial charge < -0.3 is 5.32 Å². The number of hydrogen-bond donors (Lipinski definition) is 1. The molecule has 0 spiro atoms. The van der Waals surface area contributed by atoms with Gasteiger partial charge in [-0.1, -0.05) is 6.42 Å². The molecule has 102 valence electrons. The molecular formula is C13H23BrN4. The van der Waals surface area contributed by atoms with Crippen LogP contribution in [-0.2, 0) is 13.6 Å². The summed E-state index contributed by atoms with van der Waals surface area (Å²) in [6, 6.07) is 0.650. The van der Waals surface area contributed by atoms with Crippen LogP contribution in [0, 0.1) is 6.92 Å². The number of hydrogen-bond acceptors (Lipinski definition) is 3. The Morgan fingerprint density at radius 3 is 2.83 bits per heavy atom. The molecular weight excluding hydrogens is 292 g/mol. The topological polar surface area (TPSA) is 33.1 Å². The standard InChI is InChI=1S/C13H23BrN4/c1-10-13(14)12(18(3)16-10)9-17(2)8-11-6-4-5-7-15-11/h11,15H,4-9H2,1-3H3. The SMILES string of the molecule is Cc1nn(C)c(CN(C)CC2CCCCN2)c1Br. The zero-order valence-corrected chi connectivity index (χ0v) is 13.1. The molecule has 5 heteroatoms. The largest absolute Gasteiger partial charge is 0.313 e. The van der Waals surface area contributed by atoms with Gasteiger partial charge in [-0.05, 0) is 49.3 Å². The van der Waals surface area contributed by atoms with Gasteiger partial charge in [-0.15, -0.1) is 0 Å². The number of rotatable bonds is 4. The van der Waals surface area contributed by atoms with Gasteiger partial charge in [0.2, 0.25) is 0 Å². The molecule has 1 fully saturated rings. The first kappa shape index (κ1) is 14.0. The van der Waals surface area contributed by atoms with Crippen LogP contribution in [0.4, 0.5) is 0 Å². The number of piperidine rings is 1. The molecule has 1 aromatic heterocycles. The van der Waals surface area contributed by atoms with E-state index in [-0.39, 0.29) is 0 Å². The minimum absolute atomic E-state index is 0.650. The van der Waals surface area contributed by atoms with Gasteiger partial charge in [0.05, 0.1) is 15.9 Å². The molecule has 0 radical (unpaired) electrons. The predicted octanol–water partition coefficient (Wildman–Crippen LogP) is 2.06. The second-order valence-corrected chi connectivity index (χ2v) is 6.11. The summed E-state index contributed by atoms with van der Waals surface area (Å²) in [6.45, 7) is 5.26. The molecule has 0 aromatic carbocycles. The molecule has 2 heterocycles. The molecule has 1 saturated heterocycles. The van der Waals surface area contributed by atoms with Crippen molar-refractivity contribution in [2.75, 3.05) is 20.1 Å². The van der Waals surface area contributed by atoms with Gasteiger partial charge in [0.1, 0.15) is 0 Å². The van der Waals surface area contributed by atoms with Crippen LogP contribution in [0.3, 0.4) is 0 Å². The first-order valence-electron chi connectivity index (χ1n) is 6.68. The monoisotopic (exact) mass is 314 g/mol. The molecule has 0 aliphatic carbocycles. The van der Waals surface area contributed by atoms with E-state index in [1.54, 1.807) is 0 Å². The van der Waals surface area contributed by atoms with E-state index in [1.165, 1.54) is 31.5 Å². The van der Waals surface area contributed by atoms with E-state index < -0.39 is 0 Å². The second kappa shape index (κ2) is 6.17. The van der Waals surface area contributed by atoms with E-state index in [0.29, 0.717) is 6.04 Å². The smallest absolute Gasteiger partial charge is 0.0739 e. The molecule has 2 rings (SSSR count). The Labute approximate surface area is 118 Å². The van der Waals surface area contributed by atoms with Gasteiger partial charge in [0.25, 0.3) is 0 Å². The number of nitrogens with zero attached hydrogens (tertiary/aromatic N) is 3. The Morgan fingerprint density at radius 2 is 2.28 bits per heavy atom. The fourth-order valence-electron chi connectivity index (χ4n) is 2.63. The Kier molecular flexibility index (Phi) is 4.81. The van der Waals surface area contributed by atoms with Crippen LogP contribution in [0.1, 0.15) is 30.7 Å². The van der Waals surface area contributed by atoms with Crippen molar-refractivity contribution >= 4 is 15.9 Å². The van der Waals surface area contributed by atoms with Crippen molar-refractivity contribution in [1.29, 1.82) is 0 Å². The maximum absolute atomic E-state index is 4.44. The number of aromatic nitrogens is 2. The van der Waals surface area contributed by atoms with Gasteiger partial charge >= 0.3 is 0 Å². The van der Waals surface area contributed by atoms with Crippen molar-refractivity contribution < 1.29 is 0 Å². The summed E-state index contributed by atoms with van der Waals surface area (Å²) >= 11 is 3.63. The van der Waals surface area contributed by atoms with Crippen molar-refractivity contribution in [3.05, 3.63) is 15.9 Å². The van der Waals surface area contributed by atoms with E-state index in [2.05, 4.69) is 38.3 Å². The molecule has 0 amide bonds. The Bertz CT molecular complexity index is 396. The molecule has 1 aliphatic heterocycles. The third-order valence-corrected chi connectivity index (χ3v) is 4.66. The van der Waals surface area contributed by atoms with Crippen LogP contribution in [0.2, 0.25) is 0 Å². The zero-order chi connectivity index (χ0) is 13.1. The summed E-state index contributed by atoms with van der Waals surface area (Å²) in [7, 11) is 4.20. The van der Waals surface area contributed by atoms with Crippen molar-refractivity contribution in [2.24, 2.45) is 7.05 Å². The van der Waals surface area contributed by atoms with Crippen molar-refractivity contribution in [2.45, 2.75) is 38.8 Å². The Morgan fingerprint density at radius 1 is 1.50 bits per heavy atom. The molecule has 18 heavy (non-hydrogen) atoms. The van der Waals surface area contributed by atoms with E-state index in [4.69, 9.17) is 0 Å². The van der Waals surface area contributed by atoms with Gasteiger partial charge in [-0.2, -0.15) is 5.10 Å². The molecule has 0 saturated carbocycles. The minimum Gasteiger partial charge on any atom is -0.313 e. The van der Waals surface area contributed by atoms with Crippen LogP contribution in [0.25, 0.3) is 0 Å². The maximum atomic E-state index is 4.44. The molecule has 1 unspecified atom stereocenters. The third-order valence-electron chi connectivity index (χ3n) is 3.63. The first-order valence-corrected chi connectivity index (χ1v) is 7.47. The lowest BCUT2D eigenvalue weighted by atomic mass is 10.0. The van der Waals surface area contributed by atoms with Crippen LogP contribution in [-0.4, -0.2) is 40.9 Å². The van der Waals surface area contributed by atoms with Crippen LogP contribution >= 0.6 is 15.9 Å². The molecule has 4 nitrogen and oxygen atoms in total. The minimum atomic E-state index is 0.650. The van der Waals surface area contributed by atoms with Crippen LogP contribution in [0.15, 0.2) is 4.47 Å². The number of likely N-dealkylation sites (N-methyl/N-ethyl adjacent to an activating group) is 1. The molecule has 1 aromatic rings. The average molecular weight is 315 g/mol.